The molecule has 0 spiro atoms. The molecule has 0 radical (unpaired) electrons. The Bertz CT molecular complexity index is 490. The van der Waals surface area contributed by atoms with E-state index in [1.54, 1.807) is 0 Å². The summed E-state index contributed by atoms with van der Waals surface area (Å²) >= 11 is 0. The van der Waals surface area contributed by atoms with Crippen LogP contribution in [0.15, 0.2) is 24.3 Å². The Hall–Kier alpha value is -1.35. The van der Waals surface area contributed by atoms with Crippen LogP contribution in [0.5, 0.6) is 0 Å². The van der Waals surface area contributed by atoms with Gasteiger partial charge in [0, 0.05) is 24.7 Å². The lowest BCUT2D eigenvalue weighted by atomic mass is 10.0. The van der Waals surface area contributed by atoms with Crippen molar-refractivity contribution < 1.29 is 4.79 Å². The third-order valence-electron chi connectivity index (χ3n) is 4.69. The molecule has 2 aliphatic rings. The summed E-state index contributed by atoms with van der Waals surface area (Å²) < 4.78 is 0. The van der Waals surface area contributed by atoms with Crippen molar-refractivity contribution in [2.75, 3.05) is 19.6 Å². The zero-order chi connectivity index (χ0) is 14.7. The number of nitrogens with one attached hydrogen (secondary N) is 1. The first kappa shape index (κ1) is 14.6. The van der Waals surface area contributed by atoms with Crippen LogP contribution in [0.3, 0.4) is 0 Å². The van der Waals surface area contributed by atoms with Crippen molar-refractivity contribution in [2.45, 2.75) is 45.1 Å². The molecule has 1 aromatic carbocycles. The molecule has 3 heteroatoms. The molecule has 1 saturated heterocycles. The highest BCUT2D eigenvalue weighted by atomic mass is 16.2. The SMILES string of the molecule is CCc1ccccc1C(=O)N(CC1CC1)CC1CCCN1. The molecule has 1 aromatic rings. The minimum Gasteiger partial charge on any atom is -0.337 e. The molecule has 0 aromatic heterocycles. The molecule has 1 N–H and O–H groups in total. The maximum atomic E-state index is 13.0. The Balaban J connectivity index is 1.75. The average molecular weight is 286 g/mol. The number of hydrogen-bond acceptors (Lipinski definition) is 2. The molecular weight excluding hydrogens is 260 g/mol. The largest absolute Gasteiger partial charge is 0.337 e. The van der Waals surface area contributed by atoms with Gasteiger partial charge in [-0.2, -0.15) is 0 Å². The molecule has 21 heavy (non-hydrogen) atoms. The molecule has 3 nitrogen and oxygen atoms in total. The zero-order valence-corrected chi connectivity index (χ0v) is 13.0. The number of benzene rings is 1. The van der Waals surface area contributed by atoms with Crippen LogP contribution in [-0.2, 0) is 6.42 Å². The van der Waals surface area contributed by atoms with Crippen molar-refractivity contribution in [3.05, 3.63) is 35.4 Å². The molecule has 1 amide bonds. The van der Waals surface area contributed by atoms with E-state index in [1.165, 1.54) is 31.2 Å². The number of hydrogen-bond donors (Lipinski definition) is 1. The van der Waals surface area contributed by atoms with E-state index >= 15 is 0 Å². The van der Waals surface area contributed by atoms with Crippen molar-refractivity contribution in [3.8, 4) is 0 Å². The van der Waals surface area contributed by atoms with Crippen molar-refractivity contribution in [1.82, 2.24) is 10.2 Å². The fraction of sp³-hybridized carbons (Fsp3) is 0.611. The number of carbonyl (C=O) groups is 1. The molecule has 1 unspecified atom stereocenters. The van der Waals surface area contributed by atoms with Crippen LogP contribution < -0.4 is 5.32 Å². The van der Waals surface area contributed by atoms with Crippen LogP contribution in [0.4, 0.5) is 0 Å². The highest BCUT2D eigenvalue weighted by Gasteiger charge is 2.30. The smallest absolute Gasteiger partial charge is 0.254 e. The first-order valence-electron chi connectivity index (χ1n) is 8.38. The van der Waals surface area contributed by atoms with Gasteiger partial charge in [0.05, 0.1) is 0 Å². The fourth-order valence-electron chi connectivity index (χ4n) is 3.24. The monoisotopic (exact) mass is 286 g/mol. The van der Waals surface area contributed by atoms with Gasteiger partial charge in [-0.1, -0.05) is 25.1 Å². The van der Waals surface area contributed by atoms with Crippen LogP contribution >= 0.6 is 0 Å². The fourth-order valence-corrected chi connectivity index (χ4v) is 3.24. The number of nitrogens with zero attached hydrogens (tertiary/aromatic N) is 1. The second kappa shape index (κ2) is 6.61. The van der Waals surface area contributed by atoms with Gasteiger partial charge in [0.15, 0.2) is 0 Å². The van der Waals surface area contributed by atoms with E-state index in [-0.39, 0.29) is 5.91 Å². The van der Waals surface area contributed by atoms with Crippen molar-refractivity contribution >= 4 is 5.91 Å². The summed E-state index contributed by atoms with van der Waals surface area (Å²) in [6.07, 6.45) is 5.93. The summed E-state index contributed by atoms with van der Waals surface area (Å²) in [5.74, 6) is 0.970. The quantitative estimate of drug-likeness (QED) is 0.872. The minimum atomic E-state index is 0.230. The second-order valence-corrected chi connectivity index (χ2v) is 6.46. The Morgan fingerprint density at radius 2 is 2.05 bits per heavy atom. The lowest BCUT2D eigenvalue weighted by molar-refractivity contribution is 0.0732. The van der Waals surface area contributed by atoms with E-state index in [0.29, 0.717) is 6.04 Å². The summed E-state index contributed by atoms with van der Waals surface area (Å²) in [7, 11) is 0. The number of aryl methyl sites for hydroxylation is 1. The van der Waals surface area contributed by atoms with Crippen molar-refractivity contribution in [1.29, 1.82) is 0 Å². The van der Waals surface area contributed by atoms with E-state index in [2.05, 4.69) is 23.2 Å². The molecule has 1 saturated carbocycles. The van der Waals surface area contributed by atoms with Gasteiger partial charge in [-0.3, -0.25) is 4.79 Å². The highest BCUT2D eigenvalue weighted by molar-refractivity contribution is 5.95. The van der Waals surface area contributed by atoms with E-state index in [9.17, 15) is 4.79 Å². The van der Waals surface area contributed by atoms with E-state index in [0.717, 1.165) is 37.5 Å². The Kier molecular flexibility index (Phi) is 4.59. The molecule has 1 aliphatic heterocycles. The van der Waals surface area contributed by atoms with Gasteiger partial charge in [0.1, 0.15) is 0 Å². The summed E-state index contributed by atoms with van der Waals surface area (Å²) in [4.78, 5) is 15.1. The van der Waals surface area contributed by atoms with Crippen molar-refractivity contribution in [3.63, 3.8) is 0 Å². The molecule has 114 valence electrons. The maximum absolute atomic E-state index is 13.0. The van der Waals surface area contributed by atoms with Gasteiger partial charge in [-0.15, -0.1) is 0 Å². The topological polar surface area (TPSA) is 32.3 Å². The second-order valence-electron chi connectivity index (χ2n) is 6.46. The van der Waals surface area contributed by atoms with E-state index in [1.807, 2.05) is 18.2 Å². The first-order valence-corrected chi connectivity index (χ1v) is 8.38. The van der Waals surface area contributed by atoms with Gasteiger partial charge < -0.3 is 10.2 Å². The van der Waals surface area contributed by atoms with Crippen LogP contribution in [0, 0.1) is 5.92 Å². The lowest BCUT2D eigenvalue weighted by Gasteiger charge is -2.27. The zero-order valence-electron chi connectivity index (χ0n) is 13.0. The highest BCUT2D eigenvalue weighted by Crippen LogP contribution is 2.30. The molecule has 1 atom stereocenters. The van der Waals surface area contributed by atoms with Crippen molar-refractivity contribution in [2.24, 2.45) is 5.92 Å². The van der Waals surface area contributed by atoms with Gasteiger partial charge >= 0.3 is 0 Å². The maximum Gasteiger partial charge on any atom is 0.254 e. The Morgan fingerprint density at radius 1 is 1.24 bits per heavy atom. The Labute approximate surface area is 127 Å². The normalized spacial score (nSPS) is 21.5. The van der Waals surface area contributed by atoms with Gasteiger partial charge in [-0.05, 0) is 56.2 Å². The summed E-state index contributed by atoms with van der Waals surface area (Å²) in [6.45, 7) is 5.03. The molecule has 2 fully saturated rings. The summed E-state index contributed by atoms with van der Waals surface area (Å²) in [5, 5.41) is 3.52. The molecule has 0 bridgehead atoms. The number of amides is 1. The van der Waals surface area contributed by atoms with E-state index < -0.39 is 0 Å². The standard InChI is InChI=1S/C18H26N2O/c1-2-15-6-3-4-8-17(15)18(21)20(12-14-9-10-14)13-16-7-5-11-19-16/h3-4,6,8,14,16,19H,2,5,7,9-13H2,1H3. The van der Waals surface area contributed by atoms with Crippen LogP contribution in [-0.4, -0.2) is 36.5 Å². The van der Waals surface area contributed by atoms with Gasteiger partial charge in [-0.25, -0.2) is 0 Å². The predicted octanol–water partition coefficient (Wildman–Crippen LogP) is 2.85. The van der Waals surface area contributed by atoms with Crippen LogP contribution in [0.1, 0.15) is 48.5 Å². The third kappa shape index (κ3) is 3.65. The predicted molar refractivity (Wildman–Crippen MR) is 85.5 cm³/mol. The summed E-state index contributed by atoms with van der Waals surface area (Å²) in [5.41, 5.74) is 2.07. The average Bonchev–Trinajstić information content (AvgIpc) is 3.19. The third-order valence-corrected chi connectivity index (χ3v) is 4.69. The Morgan fingerprint density at radius 3 is 2.71 bits per heavy atom. The molecule has 1 aliphatic carbocycles. The van der Waals surface area contributed by atoms with Gasteiger partial charge in [0.25, 0.3) is 5.91 Å². The lowest BCUT2D eigenvalue weighted by Crippen LogP contribution is -2.42. The summed E-state index contributed by atoms with van der Waals surface area (Å²) in [6, 6.07) is 8.57. The molecule has 1 heterocycles. The minimum absolute atomic E-state index is 0.230. The van der Waals surface area contributed by atoms with E-state index in [4.69, 9.17) is 0 Å². The molecule has 3 rings (SSSR count). The number of carbonyl (C=O) groups excluding carboxylic acids is 1. The molecular formula is C18H26N2O. The van der Waals surface area contributed by atoms with Crippen LogP contribution in [0.25, 0.3) is 0 Å². The number of rotatable bonds is 6. The van der Waals surface area contributed by atoms with Gasteiger partial charge in [0.2, 0.25) is 0 Å². The van der Waals surface area contributed by atoms with Crippen LogP contribution in [0.2, 0.25) is 0 Å². The first-order chi connectivity index (χ1) is 10.3.